The molecule has 100 valence electrons. The second-order valence-corrected chi connectivity index (χ2v) is 5.65. The number of nitrogens with zero attached hydrogens (tertiary/aromatic N) is 2. The summed E-state index contributed by atoms with van der Waals surface area (Å²) in [5, 5.41) is 12.1. The van der Waals surface area contributed by atoms with E-state index in [9.17, 15) is 4.79 Å². The van der Waals surface area contributed by atoms with Crippen molar-refractivity contribution < 1.29 is 4.79 Å². The molecule has 1 fully saturated rings. The molecular weight excluding hydrogens is 306 g/mol. The molecule has 1 heterocycles. The molecule has 0 spiro atoms. The van der Waals surface area contributed by atoms with Crippen LogP contribution < -0.4 is 10.2 Å². The second kappa shape index (κ2) is 6.07. The molecule has 0 aromatic heterocycles. The summed E-state index contributed by atoms with van der Waals surface area (Å²) in [6, 6.07) is 8.18. The highest BCUT2D eigenvalue weighted by Gasteiger charge is 2.21. The SMILES string of the molecule is CC(=O)NC1CCN(c2cc(Br)ccc2C#N)CC1. The molecule has 1 aromatic carbocycles. The molecule has 0 radical (unpaired) electrons. The van der Waals surface area contributed by atoms with Crippen molar-refractivity contribution in [2.45, 2.75) is 25.8 Å². The van der Waals surface area contributed by atoms with E-state index >= 15 is 0 Å². The highest BCUT2D eigenvalue weighted by molar-refractivity contribution is 9.10. The first-order valence-corrected chi connectivity index (χ1v) is 7.11. The number of hydrogen-bond donors (Lipinski definition) is 1. The van der Waals surface area contributed by atoms with Crippen LogP contribution in [0, 0.1) is 11.3 Å². The third-order valence-corrected chi connectivity index (χ3v) is 3.82. The van der Waals surface area contributed by atoms with Gasteiger partial charge in [-0.1, -0.05) is 15.9 Å². The van der Waals surface area contributed by atoms with Gasteiger partial charge in [0, 0.05) is 30.5 Å². The summed E-state index contributed by atoms with van der Waals surface area (Å²) in [4.78, 5) is 13.2. The molecule has 5 heteroatoms. The Balaban J connectivity index is 2.07. The van der Waals surface area contributed by atoms with Gasteiger partial charge in [-0.2, -0.15) is 5.26 Å². The fraction of sp³-hybridized carbons (Fsp3) is 0.429. The smallest absolute Gasteiger partial charge is 0.217 e. The summed E-state index contributed by atoms with van der Waals surface area (Å²) in [5.41, 5.74) is 1.67. The third-order valence-electron chi connectivity index (χ3n) is 3.32. The fourth-order valence-electron chi connectivity index (χ4n) is 2.41. The van der Waals surface area contributed by atoms with Crippen LogP contribution in [0.25, 0.3) is 0 Å². The van der Waals surface area contributed by atoms with E-state index in [0.717, 1.165) is 36.1 Å². The number of carbonyl (C=O) groups is 1. The van der Waals surface area contributed by atoms with Gasteiger partial charge in [0.05, 0.1) is 11.3 Å². The number of hydrogen-bond acceptors (Lipinski definition) is 3. The van der Waals surface area contributed by atoms with E-state index in [-0.39, 0.29) is 11.9 Å². The van der Waals surface area contributed by atoms with Gasteiger partial charge in [0.25, 0.3) is 0 Å². The van der Waals surface area contributed by atoms with Crippen molar-refractivity contribution >= 4 is 27.5 Å². The van der Waals surface area contributed by atoms with Gasteiger partial charge in [0.15, 0.2) is 0 Å². The number of rotatable bonds is 2. The molecule has 0 saturated carbocycles. The predicted molar refractivity (Wildman–Crippen MR) is 77.9 cm³/mol. The molecule has 1 aliphatic heterocycles. The molecule has 0 aliphatic carbocycles. The highest BCUT2D eigenvalue weighted by Crippen LogP contribution is 2.27. The molecule has 19 heavy (non-hydrogen) atoms. The number of piperidine rings is 1. The van der Waals surface area contributed by atoms with Crippen LogP contribution in [0.4, 0.5) is 5.69 Å². The van der Waals surface area contributed by atoms with Crippen LogP contribution in [0.5, 0.6) is 0 Å². The lowest BCUT2D eigenvalue weighted by Crippen LogP contribution is -2.44. The number of nitriles is 1. The fourth-order valence-corrected chi connectivity index (χ4v) is 2.76. The molecule has 0 atom stereocenters. The third kappa shape index (κ3) is 3.48. The van der Waals surface area contributed by atoms with Crippen molar-refractivity contribution in [3.63, 3.8) is 0 Å². The predicted octanol–water partition coefficient (Wildman–Crippen LogP) is 2.43. The van der Waals surface area contributed by atoms with Crippen LogP contribution >= 0.6 is 15.9 Å². The first kappa shape index (κ1) is 13.9. The molecular formula is C14H16BrN3O. The molecule has 0 unspecified atom stereocenters. The first-order chi connectivity index (χ1) is 9.10. The maximum Gasteiger partial charge on any atom is 0.217 e. The molecule has 1 N–H and O–H groups in total. The summed E-state index contributed by atoms with van der Waals surface area (Å²) in [6.45, 7) is 3.26. The van der Waals surface area contributed by atoms with Gasteiger partial charge >= 0.3 is 0 Å². The van der Waals surface area contributed by atoms with Crippen molar-refractivity contribution in [3.8, 4) is 6.07 Å². The van der Waals surface area contributed by atoms with E-state index in [1.807, 2.05) is 18.2 Å². The summed E-state index contributed by atoms with van der Waals surface area (Å²) in [7, 11) is 0. The number of halogens is 1. The highest BCUT2D eigenvalue weighted by atomic mass is 79.9. The van der Waals surface area contributed by atoms with E-state index in [4.69, 9.17) is 5.26 Å². The largest absolute Gasteiger partial charge is 0.370 e. The summed E-state index contributed by atoms with van der Waals surface area (Å²) in [5.74, 6) is 0.0265. The summed E-state index contributed by atoms with van der Waals surface area (Å²) in [6.07, 6.45) is 1.83. The number of anilines is 1. The zero-order chi connectivity index (χ0) is 13.8. The Morgan fingerprint density at radius 2 is 2.16 bits per heavy atom. The Hall–Kier alpha value is -1.54. The molecule has 1 saturated heterocycles. The molecule has 0 bridgehead atoms. The monoisotopic (exact) mass is 321 g/mol. The van der Waals surface area contributed by atoms with Gasteiger partial charge in [-0.15, -0.1) is 0 Å². The van der Waals surface area contributed by atoms with Crippen molar-refractivity contribution in [1.82, 2.24) is 5.32 Å². The van der Waals surface area contributed by atoms with Crippen LogP contribution in [0.2, 0.25) is 0 Å². The number of benzene rings is 1. The van der Waals surface area contributed by atoms with Crippen molar-refractivity contribution in [2.75, 3.05) is 18.0 Å². The van der Waals surface area contributed by atoms with Gasteiger partial charge < -0.3 is 10.2 Å². The van der Waals surface area contributed by atoms with Crippen LogP contribution in [-0.4, -0.2) is 25.0 Å². The first-order valence-electron chi connectivity index (χ1n) is 6.32. The Kier molecular flexibility index (Phi) is 4.43. The van der Waals surface area contributed by atoms with E-state index in [1.54, 1.807) is 6.92 Å². The lowest BCUT2D eigenvalue weighted by atomic mass is 10.0. The average Bonchev–Trinajstić information content (AvgIpc) is 2.39. The maximum atomic E-state index is 11.0. The minimum atomic E-state index is 0.0265. The minimum Gasteiger partial charge on any atom is -0.370 e. The van der Waals surface area contributed by atoms with Crippen LogP contribution in [-0.2, 0) is 4.79 Å². The van der Waals surface area contributed by atoms with Gasteiger partial charge in [0.2, 0.25) is 5.91 Å². The quantitative estimate of drug-likeness (QED) is 0.910. The zero-order valence-electron chi connectivity index (χ0n) is 10.8. The Labute approximate surface area is 121 Å². The van der Waals surface area contributed by atoms with Gasteiger partial charge in [0.1, 0.15) is 6.07 Å². The number of nitrogens with one attached hydrogen (secondary N) is 1. The molecule has 1 aliphatic rings. The topological polar surface area (TPSA) is 56.1 Å². The molecule has 1 amide bonds. The Morgan fingerprint density at radius 3 is 2.74 bits per heavy atom. The minimum absolute atomic E-state index is 0.0265. The lowest BCUT2D eigenvalue weighted by molar-refractivity contribution is -0.119. The van der Waals surface area contributed by atoms with E-state index in [1.165, 1.54) is 0 Å². The van der Waals surface area contributed by atoms with Crippen molar-refractivity contribution in [1.29, 1.82) is 5.26 Å². The number of amides is 1. The second-order valence-electron chi connectivity index (χ2n) is 4.74. The zero-order valence-corrected chi connectivity index (χ0v) is 12.4. The van der Waals surface area contributed by atoms with Crippen LogP contribution in [0.15, 0.2) is 22.7 Å². The van der Waals surface area contributed by atoms with Gasteiger partial charge in [-0.05, 0) is 31.0 Å². The molecule has 4 nitrogen and oxygen atoms in total. The summed E-state index contributed by atoms with van der Waals surface area (Å²) < 4.78 is 0.977. The van der Waals surface area contributed by atoms with E-state index in [2.05, 4.69) is 32.2 Å². The van der Waals surface area contributed by atoms with Gasteiger partial charge in [-0.25, -0.2) is 0 Å². The lowest BCUT2D eigenvalue weighted by Gasteiger charge is -2.34. The molecule has 1 aromatic rings. The maximum absolute atomic E-state index is 11.0. The van der Waals surface area contributed by atoms with Gasteiger partial charge in [-0.3, -0.25) is 4.79 Å². The summed E-state index contributed by atoms with van der Waals surface area (Å²) >= 11 is 3.44. The molecule has 2 rings (SSSR count). The Morgan fingerprint density at radius 1 is 1.47 bits per heavy atom. The normalized spacial score (nSPS) is 15.9. The Bertz CT molecular complexity index is 516. The standard InChI is InChI=1S/C14H16BrN3O/c1-10(19)17-13-4-6-18(7-5-13)14-8-12(15)3-2-11(14)9-16/h2-3,8,13H,4-7H2,1H3,(H,17,19). The van der Waals surface area contributed by atoms with E-state index in [0.29, 0.717) is 5.56 Å². The van der Waals surface area contributed by atoms with E-state index < -0.39 is 0 Å². The average molecular weight is 322 g/mol. The van der Waals surface area contributed by atoms with Crippen molar-refractivity contribution in [3.05, 3.63) is 28.2 Å². The van der Waals surface area contributed by atoms with Crippen LogP contribution in [0.1, 0.15) is 25.3 Å². The van der Waals surface area contributed by atoms with Crippen molar-refractivity contribution in [2.24, 2.45) is 0 Å². The van der Waals surface area contributed by atoms with Crippen LogP contribution in [0.3, 0.4) is 0 Å². The number of carbonyl (C=O) groups excluding carboxylic acids is 1.